The van der Waals surface area contributed by atoms with Crippen LogP contribution < -0.4 is 10.1 Å². The highest BCUT2D eigenvalue weighted by molar-refractivity contribution is 5.78. The average molecular weight is 317 g/mol. The monoisotopic (exact) mass is 317 g/mol. The van der Waals surface area contributed by atoms with Gasteiger partial charge in [0.05, 0.1) is 6.20 Å². The molecule has 0 radical (unpaired) electrons. The molecule has 6 nitrogen and oxygen atoms in total. The largest absolute Gasteiger partial charge is 0.482 e. The minimum atomic E-state index is 0.0199. The first-order valence-corrected chi connectivity index (χ1v) is 8.24. The first-order chi connectivity index (χ1) is 11.2. The van der Waals surface area contributed by atoms with Crippen LogP contribution in [0, 0.1) is 5.41 Å². The minimum Gasteiger partial charge on any atom is -0.482 e. The molecule has 2 fully saturated rings. The molecule has 3 heterocycles. The number of amides is 2. The van der Waals surface area contributed by atoms with Crippen molar-refractivity contribution in [3.05, 3.63) is 24.5 Å². The van der Waals surface area contributed by atoms with Gasteiger partial charge in [-0.05, 0) is 43.2 Å². The summed E-state index contributed by atoms with van der Waals surface area (Å²) in [5.74, 6) is 0.791. The molecule has 124 valence electrons. The zero-order valence-corrected chi connectivity index (χ0v) is 13.3. The number of likely N-dealkylation sites (tertiary alicyclic amines) is 1. The normalized spacial score (nSPS) is 20.7. The van der Waals surface area contributed by atoms with E-state index in [4.69, 9.17) is 4.74 Å². The van der Waals surface area contributed by atoms with Crippen LogP contribution in [-0.2, 0) is 9.59 Å². The van der Waals surface area contributed by atoms with Gasteiger partial charge in [0.2, 0.25) is 5.91 Å². The summed E-state index contributed by atoms with van der Waals surface area (Å²) in [6, 6.07) is 3.58. The van der Waals surface area contributed by atoms with Gasteiger partial charge in [-0.15, -0.1) is 0 Å². The maximum Gasteiger partial charge on any atom is 0.260 e. The van der Waals surface area contributed by atoms with Crippen molar-refractivity contribution in [2.24, 2.45) is 5.41 Å². The van der Waals surface area contributed by atoms with E-state index in [9.17, 15) is 9.59 Å². The second kappa shape index (κ2) is 6.98. The smallest absolute Gasteiger partial charge is 0.260 e. The lowest BCUT2D eigenvalue weighted by Gasteiger charge is -2.41. The Labute approximate surface area is 136 Å². The second-order valence-corrected chi connectivity index (χ2v) is 6.46. The van der Waals surface area contributed by atoms with Crippen LogP contribution >= 0.6 is 0 Å². The summed E-state index contributed by atoms with van der Waals surface area (Å²) >= 11 is 0. The Bertz CT molecular complexity index is 553. The fourth-order valence-corrected chi connectivity index (χ4v) is 3.46. The summed E-state index contributed by atoms with van der Waals surface area (Å²) in [6.07, 6.45) is 7.79. The van der Waals surface area contributed by atoms with E-state index in [1.165, 1.54) is 0 Å². The molecule has 2 aliphatic rings. The fourth-order valence-electron chi connectivity index (χ4n) is 3.46. The predicted octanol–water partition coefficient (Wildman–Crippen LogP) is 1.37. The maximum atomic E-state index is 12.3. The molecule has 1 N–H and O–H groups in total. The summed E-state index contributed by atoms with van der Waals surface area (Å²) in [6.45, 7) is 2.32. The van der Waals surface area contributed by atoms with Gasteiger partial charge in [0.1, 0.15) is 5.75 Å². The number of ether oxygens (including phenoxy) is 1. The average Bonchev–Trinajstić information content (AvgIpc) is 2.76. The van der Waals surface area contributed by atoms with Crippen LogP contribution in [0.4, 0.5) is 0 Å². The Morgan fingerprint density at radius 2 is 2.13 bits per heavy atom. The number of hydrogen-bond donors (Lipinski definition) is 1. The molecule has 2 amide bonds. The first kappa shape index (κ1) is 15.8. The van der Waals surface area contributed by atoms with Crippen molar-refractivity contribution in [3.63, 3.8) is 0 Å². The molecule has 6 heteroatoms. The van der Waals surface area contributed by atoms with Gasteiger partial charge in [-0.25, -0.2) is 0 Å². The molecule has 1 aromatic rings. The summed E-state index contributed by atoms with van der Waals surface area (Å²) < 4.78 is 5.48. The van der Waals surface area contributed by atoms with E-state index in [2.05, 4.69) is 10.3 Å². The van der Waals surface area contributed by atoms with Crippen LogP contribution in [0.1, 0.15) is 32.1 Å². The second-order valence-electron chi connectivity index (χ2n) is 6.46. The van der Waals surface area contributed by atoms with Gasteiger partial charge >= 0.3 is 0 Å². The van der Waals surface area contributed by atoms with E-state index >= 15 is 0 Å². The van der Waals surface area contributed by atoms with Gasteiger partial charge in [0, 0.05) is 32.3 Å². The molecule has 0 aromatic carbocycles. The molecule has 0 bridgehead atoms. The van der Waals surface area contributed by atoms with Gasteiger partial charge in [0.25, 0.3) is 5.91 Å². The lowest BCUT2D eigenvalue weighted by atomic mass is 9.73. The zero-order valence-electron chi connectivity index (χ0n) is 13.3. The van der Waals surface area contributed by atoms with E-state index < -0.39 is 0 Å². The number of piperidine rings is 1. The van der Waals surface area contributed by atoms with Crippen molar-refractivity contribution >= 4 is 11.8 Å². The van der Waals surface area contributed by atoms with Crippen LogP contribution in [0.5, 0.6) is 5.75 Å². The number of rotatable bonds is 3. The number of carbonyl (C=O) groups excluding carboxylic acids is 2. The molecule has 1 spiro atoms. The Balaban J connectivity index is 1.48. The van der Waals surface area contributed by atoms with Gasteiger partial charge in [-0.2, -0.15) is 0 Å². The Kier molecular flexibility index (Phi) is 4.79. The minimum absolute atomic E-state index is 0.0199. The summed E-state index contributed by atoms with van der Waals surface area (Å²) in [5, 5.41) is 2.94. The number of nitrogens with zero attached hydrogens (tertiary/aromatic N) is 2. The molecule has 2 saturated heterocycles. The topological polar surface area (TPSA) is 71.5 Å². The molecular formula is C17H23N3O3. The molecule has 0 unspecified atom stereocenters. The zero-order chi connectivity index (χ0) is 16.1. The van der Waals surface area contributed by atoms with Crippen LogP contribution in [0.15, 0.2) is 24.5 Å². The highest BCUT2D eigenvalue weighted by atomic mass is 16.5. The van der Waals surface area contributed by atoms with E-state index in [1.54, 1.807) is 24.5 Å². The number of aromatic nitrogens is 1. The summed E-state index contributed by atoms with van der Waals surface area (Å²) in [4.78, 5) is 29.6. The van der Waals surface area contributed by atoms with Crippen molar-refractivity contribution in [2.75, 3.05) is 26.2 Å². The third-order valence-corrected chi connectivity index (χ3v) is 5.03. The Hall–Kier alpha value is -2.11. The number of pyridine rings is 1. The van der Waals surface area contributed by atoms with Crippen molar-refractivity contribution < 1.29 is 14.3 Å². The maximum absolute atomic E-state index is 12.3. The molecule has 2 aliphatic heterocycles. The number of nitrogens with one attached hydrogen (secondary N) is 1. The number of carbonyl (C=O) groups is 2. The van der Waals surface area contributed by atoms with Crippen LogP contribution in [0.25, 0.3) is 0 Å². The molecule has 23 heavy (non-hydrogen) atoms. The molecule has 1 aromatic heterocycles. The highest BCUT2D eigenvalue weighted by Gasteiger charge is 2.37. The summed E-state index contributed by atoms with van der Waals surface area (Å²) in [7, 11) is 0. The lowest BCUT2D eigenvalue weighted by Crippen LogP contribution is -2.45. The van der Waals surface area contributed by atoms with Gasteiger partial charge < -0.3 is 15.0 Å². The quantitative estimate of drug-likeness (QED) is 0.914. The van der Waals surface area contributed by atoms with Crippen molar-refractivity contribution in [1.82, 2.24) is 15.2 Å². The molecule has 0 aliphatic carbocycles. The Morgan fingerprint density at radius 1 is 1.30 bits per heavy atom. The standard InChI is InChI=1S/C17H23N3O3/c21-15-3-4-17(5-9-19-15)6-10-20(11-7-17)16(22)13-23-14-2-1-8-18-12-14/h1-2,8,12H,3-7,9-11,13H2,(H,19,21). The van der Waals surface area contributed by atoms with Crippen molar-refractivity contribution in [3.8, 4) is 5.75 Å². The van der Waals surface area contributed by atoms with Crippen LogP contribution in [-0.4, -0.2) is 47.9 Å². The highest BCUT2D eigenvalue weighted by Crippen LogP contribution is 2.40. The number of hydrogen-bond acceptors (Lipinski definition) is 4. The molecule has 0 atom stereocenters. The molecule has 0 saturated carbocycles. The lowest BCUT2D eigenvalue weighted by molar-refractivity contribution is -0.136. The van der Waals surface area contributed by atoms with E-state index in [0.717, 1.165) is 45.3 Å². The molecule has 3 rings (SSSR count). The van der Waals surface area contributed by atoms with Crippen molar-refractivity contribution in [1.29, 1.82) is 0 Å². The van der Waals surface area contributed by atoms with Crippen LogP contribution in [0.2, 0.25) is 0 Å². The van der Waals surface area contributed by atoms with Crippen molar-refractivity contribution in [2.45, 2.75) is 32.1 Å². The fraction of sp³-hybridized carbons (Fsp3) is 0.588. The first-order valence-electron chi connectivity index (χ1n) is 8.24. The predicted molar refractivity (Wildman–Crippen MR) is 84.8 cm³/mol. The summed E-state index contributed by atoms with van der Waals surface area (Å²) in [5.41, 5.74) is 0.222. The van der Waals surface area contributed by atoms with Gasteiger partial charge in [-0.1, -0.05) is 0 Å². The SMILES string of the molecule is O=C1CCC2(CCN1)CCN(C(=O)COc1cccnc1)CC2. The Morgan fingerprint density at radius 3 is 2.87 bits per heavy atom. The van der Waals surface area contributed by atoms with Crippen LogP contribution in [0.3, 0.4) is 0 Å². The van der Waals surface area contributed by atoms with E-state index in [1.807, 2.05) is 4.90 Å². The third-order valence-electron chi connectivity index (χ3n) is 5.03. The third kappa shape index (κ3) is 4.00. The molecular weight excluding hydrogens is 294 g/mol. The van der Waals surface area contributed by atoms with E-state index in [-0.39, 0.29) is 23.8 Å². The van der Waals surface area contributed by atoms with Gasteiger partial charge in [-0.3, -0.25) is 14.6 Å². The van der Waals surface area contributed by atoms with Gasteiger partial charge in [0.15, 0.2) is 6.61 Å². The van der Waals surface area contributed by atoms with E-state index in [0.29, 0.717) is 12.2 Å².